The van der Waals surface area contributed by atoms with Crippen molar-refractivity contribution < 1.29 is 54.1 Å². The minimum Gasteiger partial charge on any atom is -0.504 e. The Labute approximate surface area is 227 Å². The summed E-state index contributed by atoms with van der Waals surface area (Å²) < 4.78 is 21.3. The summed E-state index contributed by atoms with van der Waals surface area (Å²) in [6, 6.07) is 3.91. The summed E-state index contributed by atoms with van der Waals surface area (Å²) in [5.41, 5.74) is 3.70. The molecule has 1 amide bonds. The SMILES string of the molecule is NCCCOCCOCCOCCCNC(=O)C1(O)CC(O)C(O)C(OC(=O)/C=C/c2ccc(O)c(O)c2)C1. The summed E-state index contributed by atoms with van der Waals surface area (Å²) in [4.78, 5) is 24.9. The van der Waals surface area contributed by atoms with E-state index in [0.717, 1.165) is 12.5 Å². The largest absolute Gasteiger partial charge is 0.504 e. The first-order valence-corrected chi connectivity index (χ1v) is 12.9. The van der Waals surface area contributed by atoms with Gasteiger partial charge in [0.25, 0.3) is 5.91 Å². The van der Waals surface area contributed by atoms with Gasteiger partial charge in [0.15, 0.2) is 11.5 Å². The van der Waals surface area contributed by atoms with Crippen LogP contribution in [0.4, 0.5) is 0 Å². The van der Waals surface area contributed by atoms with Crippen LogP contribution in [-0.2, 0) is 28.5 Å². The predicted molar refractivity (Wildman–Crippen MR) is 139 cm³/mol. The van der Waals surface area contributed by atoms with E-state index < -0.39 is 48.6 Å². The fourth-order valence-electron chi connectivity index (χ4n) is 3.81. The zero-order chi connectivity index (χ0) is 28.7. The summed E-state index contributed by atoms with van der Waals surface area (Å²) in [5.74, 6) is -2.35. The van der Waals surface area contributed by atoms with E-state index in [1.807, 2.05) is 0 Å². The molecule has 0 spiro atoms. The smallest absolute Gasteiger partial charge is 0.331 e. The van der Waals surface area contributed by atoms with Crippen LogP contribution in [0.25, 0.3) is 6.08 Å². The van der Waals surface area contributed by atoms with E-state index in [-0.39, 0.29) is 18.0 Å². The summed E-state index contributed by atoms with van der Waals surface area (Å²) in [7, 11) is 0. The highest BCUT2D eigenvalue weighted by Gasteiger charge is 2.50. The van der Waals surface area contributed by atoms with Gasteiger partial charge < -0.3 is 55.5 Å². The second-order valence-electron chi connectivity index (χ2n) is 9.14. The average Bonchev–Trinajstić information content (AvgIpc) is 2.90. The minimum atomic E-state index is -2.06. The van der Waals surface area contributed by atoms with Crippen LogP contribution in [0.3, 0.4) is 0 Å². The normalized spacial score (nSPS) is 23.1. The van der Waals surface area contributed by atoms with E-state index in [2.05, 4.69) is 5.32 Å². The Morgan fingerprint density at radius 2 is 1.62 bits per heavy atom. The number of aromatic hydroxyl groups is 2. The van der Waals surface area contributed by atoms with Crippen molar-refractivity contribution in [2.24, 2.45) is 5.73 Å². The maximum absolute atomic E-state index is 12.6. The Morgan fingerprint density at radius 3 is 2.26 bits per heavy atom. The van der Waals surface area contributed by atoms with Crippen LogP contribution in [0.15, 0.2) is 24.3 Å². The van der Waals surface area contributed by atoms with Gasteiger partial charge >= 0.3 is 5.97 Å². The van der Waals surface area contributed by atoms with E-state index in [1.165, 1.54) is 24.3 Å². The molecule has 1 aromatic rings. The molecular formula is C26H40N2O11. The second-order valence-corrected chi connectivity index (χ2v) is 9.14. The first-order chi connectivity index (χ1) is 18.7. The van der Waals surface area contributed by atoms with Gasteiger partial charge in [-0.1, -0.05) is 6.07 Å². The first kappa shape index (κ1) is 32.4. The van der Waals surface area contributed by atoms with Crippen LogP contribution < -0.4 is 11.1 Å². The van der Waals surface area contributed by atoms with Crippen molar-refractivity contribution in [3.8, 4) is 11.5 Å². The van der Waals surface area contributed by atoms with Crippen molar-refractivity contribution in [1.29, 1.82) is 0 Å². The van der Waals surface area contributed by atoms with Gasteiger partial charge in [-0.2, -0.15) is 0 Å². The van der Waals surface area contributed by atoms with Gasteiger partial charge in [0, 0.05) is 38.7 Å². The molecule has 0 saturated heterocycles. The Kier molecular flexibility index (Phi) is 14.2. The molecule has 1 saturated carbocycles. The zero-order valence-electron chi connectivity index (χ0n) is 21.9. The van der Waals surface area contributed by atoms with Crippen molar-refractivity contribution in [3.05, 3.63) is 29.8 Å². The number of aliphatic hydroxyl groups is 3. The maximum atomic E-state index is 12.6. The highest BCUT2D eigenvalue weighted by molar-refractivity contribution is 5.88. The monoisotopic (exact) mass is 556 g/mol. The molecule has 13 nitrogen and oxygen atoms in total. The number of hydrogen-bond donors (Lipinski definition) is 7. The molecule has 13 heteroatoms. The molecule has 220 valence electrons. The fraction of sp³-hybridized carbons (Fsp3) is 0.615. The molecule has 0 bridgehead atoms. The number of hydrogen-bond acceptors (Lipinski definition) is 12. The molecule has 2 rings (SSSR count). The summed E-state index contributed by atoms with van der Waals surface area (Å²) in [6.07, 6.45) is -1.60. The number of nitrogens with two attached hydrogens (primary N) is 1. The van der Waals surface area contributed by atoms with Crippen LogP contribution in [0, 0.1) is 0 Å². The molecular weight excluding hydrogens is 516 g/mol. The molecule has 0 radical (unpaired) electrons. The lowest BCUT2D eigenvalue weighted by molar-refractivity contribution is -0.187. The quantitative estimate of drug-likeness (QED) is 0.0543. The molecule has 8 N–H and O–H groups in total. The number of carbonyl (C=O) groups excluding carboxylic acids is 2. The molecule has 0 aliphatic heterocycles. The predicted octanol–water partition coefficient (Wildman–Crippen LogP) is -0.826. The maximum Gasteiger partial charge on any atom is 0.331 e. The Hall–Kier alpha value is -2.78. The van der Waals surface area contributed by atoms with Gasteiger partial charge in [-0.3, -0.25) is 4.79 Å². The summed E-state index contributed by atoms with van der Waals surface area (Å²) in [6.45, 7) is 3.46. The Bertz CT molecular complexity index is 929. The molecule has 1 fully saturated rings. The average molecular weight is 557 g/mol. The van der Waals surface area contributed by atoms with E-state index in [9.17, 15) is 35.1 Å². The number of phenolic OH excluding ortho intramolecular Hbond substituents is 2. The third-order valence-corrected chi connectivity index (χ3v) is 5.95. The van der Waals surface area contributed by atoms with E-state index >= 15 is 0 Å². The highest BCUT2D eigenvalue weighted by atomic mass is 16.6. The van der Waals surface area contributed by atoms with Crippen LogP contribution in [0.5, 0.6) is 11.5 Å². The van der Waals surface area contributed by atoms with E-state index in [4.69, 9.17) is 24.7 Å². The van der Waals surface area contributed by atoms with Gasteiger partial charge in [0.05, 0.1) is 32.5 Å². The summed E-state index contributed by atoms with van der Waals surface area (Å²) in [5, 5.41) is 52.8. The lowest BCUT2D eigenvalue weighted by Crippen LogP contribution is -2.59. The standard InChI is InChI=1S/C26H40N2O11/c27-7-1-9-36-11-13-38-14-12-37-10-2-8-28-25(34)26(35)16-21(31)24(33)22(17-26)39-23(32)6-4-18-3-5-19(29)20(30)15-18/h3-6,15,21-22,24,29-31,33,35H,1-2,7-14,16-17,27H2,(H,28,34)/b6-4+. The van der Waals surface area contributed by atoms with Crippen LogP contribution in [0.1, 0.15) is 31.2 Å². The topological polar surface area (TPSA) is 210 Å². The summed E-state index contributed by atoms with van der Waals surface area (Å²) >= 11 is 0. The Balaban J connectivity index is 1.70. The number of amides is 1. The van der Waals surface area contributed by atoms with Crippen molar-refractivity contribution in [2.45, 2.75) is 49.6 Å². The molecule has 1 aromatic carbocycles. The van der Waals surface area contributed by atoms with Crippen molar-refractivity contribution in [2.75, 3.05) is 52.7 Å². The number of phenols is 2. The molecule has 39 heavy (non-hydrogen) atoms. The Morgan fingerprint density at radius 1 is 0.974 bits per heavy atom. The molecule has 4 atom stereocenters. The van der Waals surface area contributed by atoms with Crippen molar-refractivity contribution in [1.82, 2.24) is 5.32 Å². The first-order valence-electron chi connectivity index (χ1n) is 12.9. The lowest BCUT2D eigenvalue weighted by atomic mass is 9.79. The van der Waals surface area contributed by atoms with Gasteiger partial charge in [-0.05, 0) is 43.2 Å². The second kappa shape index (κ2) is 17.0. The van der Waals surface area contributed by atoms with Gasteiger partial charge in [-0.15, -0.1) is 0 Å². The molecule has 1 aliphatic rings. The molecule has 1 aliphatic carbocycles. The number of ether oxygens (including phenoxy) is 4. The highest BCUT2D eigenvalue weighted by Crippen LogP contribution is 2.31. The van der Waals surface area contributed by atoms with Crippen LogP contribution >= 0.6 is 0 Å². The van der Waals surface area contributed by atoms with Crippen LogP contribution in [-0.4, -0.2) is 114 Å². The molecule has 4 unspecified atom stereocenters. The van der Waals surface area contributed by atoms with Gasteiger partial charge in [0.2, 0.25) is 0 Å². The number of esters is 1. The van der Waals surface area contributed by atoms with Crippen LogP contribution in [0.2, 0.25) is 0 Å². The number of aliphatic hydroxyl groups excluding tert-OH is 2. The number of benzene rings is 1. The third kappa shape index (κ3) is 11.5. The number of rotatable bonds is 17. The third-order valence-electron chi connectivity index (χ3n) is 5.95. The van der Waals surface area contributed by atoms with Gasteiger partial charge in [-0.25, -0.2) is 4.79 Å². The minimum absolute atomic E-state index is 0.197. The number of carbonyl (C=O) groups is 2. The number of nitrogens with one attached hydrogen (secondary N) is 1. The van der Waals surface area contributed by atoms with Crippen molar-refractivity contribution >= 4 is 18.0 Å². The zero-order valence-corrected chi connectivity index (χ0v) is 21.9. The van der Waals surface area contributed by atoms with E-state index in [0.29, 0.717) is 58.2 Å². The lowest BCUT2D eigenvalue weighted by Gasteiger charge is -2.40. The van der Waals surface area contributed by atoms with E-state index in [1.54, 1.807) is 0 Å². The van der Waals surface area contributed by atoms with Crippen molar-refractivity contribution in [3.63, 3.8) is 0 Å². The molecule has 0 aromatic heterocycles. The van der Waals surface area contributed by atoms with Gasteiger partial charge in [0.1, 0.15) is 17.8 Å². The molecule has 0 heterocycles. The fourth-order valence-corrected chi connectivity index (χ4v) is 3.81.